The van der Waals surface area contributed by atoms with E-state index in [1.807, 2.05) is 35.7 Å². The van der Waals surface area contributed by atoms with Crippen molar-refractivity contribution >= 4 is 17.2 Å². The van der Waals surface area contributed by atoms with Gasteiger partial charge in [-0.1, -0.05) is 37.5 Å². The van der Waals surface area contributed by atoms with Crippen molar-refractivity contribution in [3.05, 3.63) is 71.1 Å². The second-order valence-electron chi connectivity index (χ2n) is 7.66. The van der Waals surface area contributed by atoms with Crippen LogP contribution in [0.25, 0.3) is 10.7 Å². The highest BCUT2D eigenvalue weighted by atomic mass is 32.1. The fourth-order valence-corrected chi connectivity index (χ4v) is 4.88. The molecule has 0 radical (unpaired) electrons. The Morgan fingerprint density at radius 3 is 2.62 bits per heavy atom. The molecule has 1 saturated carbocycles. The summed E-state index contributed by atoms with van der Waals surface area (Å²) in [7, 11) is 0. The van der Waals surface area contributed by atoms with E-state index in [-0.39, 0.29) is 23.6 Å². The minimum Gasteiger partial charge on any atom is -0.355 e. The number of nitrogens with one attached hydrogen (secondary N) is 1. The van der Waals surface area contributed by atoms with Gasteiger partial charge < -0.3 is 5.32 Å². The van der Waals surface area contributed by atoms with Crippen molar-refractivity contribution in [3.63, 3.8) is 0 Å². The molecular formula is C23H24FN3OS. The van der Waals surface area contributed by atoms with E-state index in [2.05, 4.69) is 15.3 Å². The van der Waals surface area contributed by atoms with E-state index in [1.54, 1.807) is 6.20 Å². The number of carbonyl (C=O) groups excluding carboxylic acids is 1. The van der Waals surface area contributed by atoms with Gasteiger partial charge in [0.25, 0.3) is 0 Å². The molecule has 1 N–H and O–H groups in total. The average molecular weight is 410 g/mol. The second kappa shape index (κ2) is 8.82. The Morgan fingerprint density at radius 2 is 1.90 bits per heavy atom. The number of thiazole rings is 1. The Kier molecular flexibility index (Phi) is 6.00. The predicted octanol–water partition coefficient (Wildman–Crippen LogP) is 4.91. The number of amides is 1. The molecule has 1 amide bonds. The van der Waals surface area contributed by atoms with Crippen LogP contribution in [0.3, 0.4) is 0 Å². The Bertz CT molecular complexity index is 950. The summed E-state index contributed by atoms with van der Waals surface area (Å²) >= 11 is 1.50. The highest BCUT2D eigenvalue weighted by molar-refractivity contribution is 7.13. The lowest BCUT2D eigenvalue weighted by Crippen LogP contribution is -2.42. The van der Waals surface area contributed by atoms with Gasteiger partial charge in [-0.2, -0.15) is 0 Å². The summed E-state index contributed by atoms with van der Waals surface area (Å²) < 4.78 is 13.4. The first kappa shape index (κ1) is 19.7. The van der Waals surface area contributed by atoms with Gasteiger partial charge in [-0.15, -0.1) is 11.3 Å². The van der Waals surface area contributed by atoms with E-state index in [4.69, 9.17) is 0 Å². The average Bonchev–Trinajstić information content (AvgIpc) is 3.22. The summed E-state index contributed by atoms with van der Waals surface area (Å²) in [4.78, 5) is 21.5. The van der Waals surface area contributed by atoms with Gasteiger partial charge in [0, 0.05) is 23.5 Å². The summed E-state index contributed by atoms with van der Waals surface area (Å²) in [5, 5.41) is 5.86. The number of halogens is 1. The maximum atomic E-state index is 13.4. The van der Waals surface area contributed by atoms with Crippen LogP contribution in [-0.4, -0.2) is 22.4 Å². The van der Waals surface area contributed by atoms with E-state index in [1.165, 1.54) is 29.9 Å². The Hall–Kier alpha value is -2.60. The number of hydrogen-bond acceptors (Lipinski definition) is 4. The molecule has 4 nitrogen and oxygen atoms in total. The fraction of sp³-hybridized carbons (Fsp3) is 0.348. The Balaban J connectivity index is 1.41. The van der Waals surface area contributed by atoms with Crippen LogP contribution in [0.5, 0.6) is 0 Å². The van der Waals surface area contributed by atoms with Gasteiger partial charge in [-0.3, -0.25) is 9.78 Å². The molecule has 29 heavy (non-hydrogen) atoms. The van der Waals surface area contributed by atoms with Crippen molar-refractivity contribution < 1.29 is 9.18 Å². The van der Waals surface area contributed by atoms with Crippen LogP contribution in [0.15, 0.2) is 54.0 Å². The van der Waals surface area contributed by atoms with E-state index >= 15 is 0 Å². The van der Waals surface area contributed by atoms with E-state index < -0.39 is 0 Å². The minimum atomic E-state index is -0.226. The van der Waals surface area contributed by atoms with Gasteiger partial charge in [-0.05, 0) is 42.7 Å². The number of carbonyl (C=O) groups is 1. The molecule has 2 heterocycles. The largest absolute Gasteiger partial charge is 0.355 e. The number of pyridine rings is 1. The van der Waals surface area contributed by atoms with Crippen molar-refractivity contribution in [1.29, 1.82) is 0 Å². The molecule has 0 aliphatic heterocycles. The molecular weight excluding hydrogens is 385 g/mol. The summed E-state index contributed by atoms with van der Waals surface area (Å²) in [6.45, 7) is 0.578. The SMILES string of the molecule is O=C(Cc1csc(-c2ccccn2)n1)NCC1(c2ccc(F)cc2)CCCCC1. The smallest absolute Gasteiger partial charge is 0.226 e. The third-order valence-electron chi connectivity index (χ3n) is 5.67. The molecule has 0 saturated heterocycles. The topological polar surface area (TPSA) is 54.9 Å². The monoisotopic (exact) mass is 409 g/mol. The molecule has 1 aromatic carbocycles. The molecule has 0 atom stereocenters. The Morgan fingerprint density at radius 1 is 1.10 bits per heavy atom. The molecule has 0 spiro atoms. The number of benzene rings is 1. The van der Waals surface area contributed by atoms with Crippen LogP contribution in [0.4, 0.5) is 4.39 Å². The zero-order chi connectivity index (χ0) is 20.1. The maximum Gasteiger partial charge on any atom is 0.226 e. The van der Waals surface area contributed by atoms with Gasteiger partial charge in [0.05, 0.1) is 17.8 Å². The zero-order valence-corrected chi connectivity index (χ0v) is 17.1. The molecule has 6 heteroatoms. The lowest BCUT2D eigenvalue weighted by Gasteiger charge is -2.38. The maximum absolute atomic E-state index is 13.4. The number of rotatable bonds is 6. The third kappa shape index (κ3) is 4.70. The van der Waals surface area contributed by atoms with Gasteiger partial charge in [0.15, 0.2) is 0 Å². The second-order valence-corrected chi connectivity index (χ2v) is 8.52. The van der Waals surface area contributed by atoms with E-state index in [9.17, 15) is 9.18 Å². The van der Waals surface area contributed by atoms with E-state index in [0.29, 0.717) is 6.54 Å². The van der Waals surface area contributed by atoms with Gasteiger partial charge in [0.1, 0.15) is 10.8 Å². The van der Waals surface area contributed by atoms with Crippen LogP contribution in [0.1, 0.15) is 43.4 Å². The zero-order valence-electron chi connectivity index (χ0n) is 16.2. The molecule has 0 unspecified atom stereocenters. The standard InChI is InChI=1S/C23H24FN3OS/c24-18-9-7-17(8-10-18)23(11-3-1-4-12-23)16-26-21(28)14-19-15-29-22(27-19)20-6-2-5-13-25-20/h2,5-10,13,15H,1,3-4,11-12,14,16H2,(H,26,28). The molecule has 4 rings (SSSR count). The fourth-order valence-electron chi connectivity index (χ4n) is 4.09. The molecule has 0 bridgehead atoms. The highest BCUT2D eigenvalue weighted by Gasteiger charge is 2.34. The van der Waals surface area contributed by atoms with Gasteiger partial charge in [0.2, 0.25) is 5.91 Å². The number of aromatic nitrogens is 2. The van der Waals surface area contributed by atoms with Crippen molar-refractivity contribution in [2.24, 2.45) is 0 Å². The first-order valence-corrected chi connectivity index (χ1v) is 10.9. The lowest BCUT2D eigenvalue weighted by molar-refractivity contribution is -0.120. The first-order chi connectivity index (χ1) is 14.1. The van der Waals surface area contributed by atoms with Crippen LogP contribution in [-0.2, 0) is 16.6 Å². The van der Waals surface area contributed by atoms with Gasteiger partial charge in [-0.25, -0.2) is 9.37 Å². The van der Waals surface area contributed by atoms with Crippen molar-refractivity contribution in [1.82, 2.24) is 15.3 Å². The van der Waals surface area contributed by atoms with Crippen LogP contribution < -0.4 is 5.32 Å². The van der Waals surface area contributed by atoms with E-state index in [0.717, 1.165) is 47.6 Å². The predicted molar refractivity (Wildman–Crippen MR) is 113 cm³/mol. The van der Waals surface area contributed by atoms with Crippen LogP contribution >= 0.6 is 11.3 Å². The van der Waals surface area contributed by atoms with Crippen LogP contribution in [0.2, 0.25) is 0 Å². The quantitative estimate of drug-likeness (QED) is 0.630. The first-order valence-electron chi connectivity index (χ1n) is 10.0. The molecule has 150 valence electrons. The summed E-state index contributed by atoms with van der Waals surface area (Å²) in [5.74, 6) is -0.258. The Labute approximate surface area is 174 Å². The molecule has 1 aliphatic rings. The highest BCUT2D eigenvalue weighted by Crippen LogP contribution is 2.39. The summed E-state index contributed by atoms with van der Waals surface area (Å²) in [6.07, 6.45) is 7.50. The third-order valence-corrected chi connectivity index (χ3v) is 6.58. The van der Waals surface area contributed by atoms with Crippen molar-refractivity contribution in [3.8, 4) is 10.7 Å². The van der Waals surface area contributed by atoms with Crippen molar-refractivity contribution in [2.75, 3.05) is 6.54 Å². The molecule has 1 aliphatic carbocycles. The molecule has 3 aromatic rings. The number of nitrogens with zero attached hydrogens (tertiary/aromatic N) is 2. The summed E-state index contributed by atoms with van der Waals surface area (Å²) in [6, 6.07) is 12.5. The lowest BCUT2D eigenvalue weighted by atomic mass is 9.69. The minimum absolute atomic E-state index is 0.0325. The van der Waals surface area contributed by atoms with Crippen molar-refractivity contribution in [2.45, 2.75) is 43.9 Å². The normalized spacial score (nSPS) is 15.8. The molecule has 2 aromatic heterocycles. The summed E-state index contributed by atoms with van der Waals surface area (Å²) in [5.41, 5.74) is 2.59. The molecule has 1 fully saturated rings. The number of hydrogen-bond donors (Lipinski definition) is 1. The van der Waals surface area contributed by atoms with Crippen LogP contribution in [0, 0.1) is 5.82 Å². The van der Waals surface area contributed by atoms with Gasteiger partial charge >= 0.3 is 0 Å².